The van der Waals surface area contributed by atoms with Crippen molar-refractivity contribution in [3.8, 4) is 11.5 Å². The fourth-order valence-corrected chi connectivity index (χ4v) is 3.42. The summed E-state index contributed by atoms with van der Waals surface area (Å²) in [6.07, 6.45) is 0. The summed E-state index contributed by atoms with van der Waals surface area (Å²) in [5.41, 5.74) is 8.50. The molecule has 0 atom stereocenters. The van der Waals surface area contributed by atoms with Gasteiger partial charge in [-0.15, -0.1) is 0 Å². The predicted octanol–water partition coefficient (Wildman–Crippen LogP) is 5.31. The van der Waals surface area contributed by atoms with Crippen molar-refractivity contribution in [2.45, 2.75) is 39.7 Å². The van der Waals surface area contributed by atoms with E-state index >= 15 is 0 Å². The van der Waals surface area contributed by atoms with Crippen molar-refractivity contribution in [1.82, 2.24) is 0 Å². The number of para-hydroxylation sites is 1. The average molecular weight is 447 g/mol. The molecule has 3 aromatic carbocycles. The molecule has 0 bridgehead atoms. The molecule has 0 heterocycles. The second-order valence-corrected chi connectivity index (χ2v) is 8.69. The maximum atomic E-state index is 12.8. The van der Waals surface area contributed by atoms with Gasteiger partial charge in [-0.1, -0.05) is 39.0 Å². The van der Waals surface area contributed by atoms with Gasteiger partial charge in [-0.2, -0.15) is 0 Å². The molecule has 0 aliphatic heterocycles. The Balaban J connectivity index is 1.81. The third kappa shape index (κ3) is 6.13. The van der Waals surface area contributed by atoms with E-state index in [0.717, 1.165) is 16.9 Å². The lowest BCUT2D eigenvalue weighted by Crippen LogP contribution is -2.15. The van der Waals surface area contributed by atoms with E-state index in [-0.39, 0.29) is 17.9 Å². The number of primary amides is 1. The van der Waals surface area contributed by atoms with Gasteiger partial charge in [-0.25, -0.2) is 0 Å². The molecule has 3 aromatic rings. The van der Waals surface area contributed by atoms with Crippen LogP contribution in [0.1, 0.15) is 59.5 Å². The third-order valence-corrected chi connectivity index (χ3v) is 5.13. The van der Waals surface area contributed by atoms with Crippen LogP contribution in [0.3, 0.4) is 0 Å². The predicted molar refractivity (Wildman–Crippen MR) is 130 cm³/mol. The zero-order chi connectivity index (χ0) is 24.0. The highest BCUT2D eigenvalue weighted by atomic mass is 16.5. The quantitative estimate of drug-likeness (QED) is 0.490. The molecule has 0 saturated heterocycles. The Morgan fingerprint density at radius 1 is 0.879 bits per heavy atom. The molecular formula is C27H30N2O4. The Hall–Kier alpha value is -3.80. The molecule has 3 N–H and O–H groups in total. The number of nitrogens with two attached hydrogens (primary N) is 1. The van der Waals surface area contributed by atoms with E-state index in [0.29, 0.717) is 29.2 Å². The Kier molecular flexibility index (Phi) is 7.38. The lowest BCUT2D eigenvalue weighted by atomic mass is 9.86. The Bertz CT molecular complexity index is 1130. The number of anilines is 1. The number of rotatable bonds is 8. The maximum Gasteiger partial charge on any atom is 0.255 e. The van der Waals surface area contributed by atoms with Gasteiger partial charge in [-0.3, -0.25) is 9.59 Å². The summed E-state index contributed by atoms with van der Waals surface area (Å²) in [5.74, 6) is 0.684. The first-order chi connectivity index (χ1) is 15.7. The fourth-order valence-electron chi connectivity index (χ4n) is 3.42. The smallest absolute Gasteiger partial charge is 0.255 e. The zero-order valence-corrected chi connectivity index (χ0v) is 19.5. The van der Waals surface area contributed by atoms with Gasteiger partial charge < -0.3 is 20.5 Å². The van der Waals surface area contributed by atoms with Crippen LogP contribution in [0.25, 0.3) is 0 Å². The second kappa shape index (κ2) is 10.2. The lowest BCUT2D eigenvalue weighted by Gasteiger charge is -2.23. The minimum Gasteiger partial charge on any atom is -0.493 e. The normalized spacial score (nSPS) is 11.0. The van der Waals surface area contributed by atoms with Crippen LogP contribution >= 0.6 is 0 Å². The lowest BCUT2D eigenvalue weighted by molar-refractivity contribution is 0.0998. The number of amides is 2. The molecule has 0 saturated carbocycles. The van der Waals surface area contributed by atoms with Crippen molar-refractivity contribution in [3.05, 3.63) is 89.0 Å². The number of carbonyl (C=O) groups excluding carboxylic acids is 2. The van der Waals surface area contributed by atoms with Crippen LogP contribution in [0, 0.1) is 0 Å². The highest BCUT2D eigenvalue weighted by molar-refractivity contribution is 6.04. The number of nitrogens with one attached hydrogen (secondary N) is 1. The molecule has 33 heavy (non-hydrogen) atoms. The van der Waals surface area contributed by atoms with E-state index in [4.69, 9.17) is 15.2 Å². The van der Waals surface area contributed by atoms with Crippen LogP contribution in [-0.4, -0.2) is 18.4 Å². The van der Waals surface area contributed by atoms with Crippen molar-refractivity contribution in [1.29, 1.82) is 0 Å². The molecule has 0 spiro atoms. The zero-order valence-electron chi connectivity index (χ0n) is 19.5. The number of hydrogen-bond acceptors (Lipinski definition) is 4. The van der Waals surface area contributed by atoms with E-state index in [1.807, 2.05) is 25.1 Å². The molecule has 0 aliphatic carbocycles. The number of hydrogen-bond donors (Lipinski definition) is 2. The Morgan fingerprint density at radius 3 is 2.18 bits per heavy atom. The summed E-state index contributed by atoms with van der Waals surface area (Å²) in [7, 11) is 0. The molecule has 0 aromatic heterocycles. The minimum absolute atomic E-state index is 0.0643. The van der Waals surface area contributed by atoms with Gasteiger partial charge in [-0.05, 0) is 66.4 Å². The van der Waals surface area contributed by atoms with Crippen molar-refractivity contribution in [2.24, 2.45) is 5.73 Å². The van der Waals surface area contributed by atoms with Crippen LogP contribution in [0.4, 0.5) is 5.69 Å². The molecule has 0 radical (unpaired) electrons. The summed E-state index contributed by atoms with van der Waals surface area (Å²) in [5, 5.41) is 2.83. The van der Waals surface area contributed by atoms with Crippen LogP contribution in [0.5, 0.6) is 11.5 Å². The average Bonchev–Trinajstić information content (AvgIpc) is 2.78. The largest absolute Gasteiger partial charge is 0.493 e. The van der Waals surface area contributed by atoms with Gasteiger partial charge >= 0.3 is 0 Å². The molecule has 0 unspecified atom stereocenters. The first-order valence-corrected chi connectivity index (χ1v) is 10.9. The van der Waals surface area contributed by atoms with Gasteiger partial charge in [0, 0.05) is 22.4 Å². The molecule has 0 aliphatic rings. The van der Waals surface area contributed by atoms with Crippen molar-refractivity contribution in [3.63, 3.8) is 0 Å². The molecular weight excluding hydrogens is 416 g/mol. The van der Waals surface area contributed by atoms with Gasteiger partial charge in [0.1, 0.15) is 18.1 Å². The summed E-state index contributed by atoms with van der Waals surface area (Å²) in [4.78, 5) is 24.1. The van der Waals surface area contributed by atoms with E-state index in [1.54, 1.807) is 42.5 Å². The van der Waals surface area contributed by atoms with Crippen LogP contribution in [0.15, 0.2) is 66.7 Å². The maximum absolute atomic E-state index is 12.8. The molecule has 2 amide bonds. The van der Waals surface area contributed by atoms with Crippen LogP contribution in [-0.2, 0) is 12.0 Å². The van der Waals surface area contributed by atoms with E-state index in [1.165, 1.54) is 0 Å². The Labute approximate surface area is 194 Å². The molecule has 3 rings (SSSR count). The summed E-state index contributed by atoms with van der Waals surface area (Å²) in [6, 6.07) is 19.6. The highest BCUT2D eigenvalue weighted by Gasteiger charge is 2.19. The summed E-state index contributed by atoms with van der Waals surface area (Å²) >= 11 is 0. The van der Waals surface area contributed by atoms with Gasteiger partial charge in [0.05, 0.1) is 6.61 Å². The molecule has 0 fully saturated rings. The SMILES string of the molecule is CCOc1ccc(C(=O)Nc2ccc(C(N)=O)cc2)cc1COc1ccccc1C(C)(C)C. The standard InChI is InChI=1S/C27H30N2O4/c1-5-32-23-15-12-19(26(31)29-21-13-10-18(11-14-21)25(28)30)16-20(23)17-33-24-9-7-6-8-22(24)27(2,3)4/h6-16H,5,17H2,1-4H3,(H2,28,30)(H,29,31). The number of benzene rings is 3. The summed E-state index contributed by atoms with van der Waals surface area (Å²) in [6.45, 7) is 9.10. The Morgan fingerprint density at radius 2 is 1.55 bits per heavy atom. The third-order valence-electron chi connectivity index (χ3n) is 5.13. The van der Waals surface area contributed by atoms with Gasteiger partial charge in [0.15, 0.2) is 0 Å². The van der Waals surface area contributed by atoms with Crippen molar-refractivity contribution >= 4 is 17.5 Å². The molecule has 6 nitrogen and oxygen atoms in total. The first-order valence-electron chi connectivity index (χ1n) is 10.9. The highest BCUT2D eigenvalue weighted by Crippen LogP contribution is 2.32. The van der Waals surface area contributed by atoms with E-state index in [2.05, 4.69) is 32.2 Å². The number of ether oxygens (including phenoxy) is 2. The summed E-state index contributed by atoms with van der Waals surface area (Å²) < 4.78 is 11.9. The fraction of sp³-hybridized carbons (Fsp3) is 0.259. The van der Waals surface area contributed by atoms with Crippen LogP contribution < -0.4 is 20.5 Å². The van der Waals surface area contributed by atoms with E-state index in [9.17, 15) is 9.59 Å². The van der Waals surface area contributed by atoms with Crippen LogP contribution in [0.2, 0.25) is 0 Å². The van der Waals surface area contributed by atoms with Crippen molar-refractivity contribution in [2.75, 3.05) is 11.9 Å². The van der Waals surface area contributed by atoms with E-state index < -0.39 is 5.91 Å². The first kappa shape index (κ1) is 23.9. The molecule has 6 heteroatoms. The monoisotopic (exact) mass is 446 g/mol. The number of carbonyl (C=O) groups is 2. The second-order valence-electron chi connectivity index (χ2n) is 8.69. The topological polar surface area (TPSA) is 90.6 Å². The van der Waals surface area contributed by atoms with Gasteiger partial charge in [0.25, 0.3) is 5.91 Å². The minimum atomic E-state index is -0.517. The molecule has 172 valence electrons. The van der Waals surface area contributed by atoms with Gasteiger partial charge in [0.2, 0.25) is 5.91 Å². The van der Waals surface area contributed by atoms with Crippen molar-refractivity contribution < 1.29 is 19.1 Å².